The van der Waals surface area contributed by atoms with Crippen LogP contribution in [0, 0.1) is 6.92 Å². The van der Waals surface area contributed by atoms with Gasteiger partial charge in [-0.15, -0.1) is 0 Å². The molecule has 0 saturated carbocycles. The Labute approximate surface area is 179 Å². The van der Waals surface area contributed by atoms with Gasteiger partial charge in [-0.3, -0.25) is 9.52 Å². The van der Waals surface area contributed by atoms with Crippen LogP contribution < -0.4 is 10.0 Å². The van der Waals surface area contributed by atoms with E-state index in [1.54, 1.807) is 30.3 Å². The van der Waals surface area contributed by atoms with Crippen molar-refractivity contribution in [3.8, 4) is 0 Å². The monoisotopic (exact) mass is 448 g/mol. The fourth-order valence-electron chi connectivity index (χ4n) is 2.75. The Bertz CT molecular complexity index is 1130. The van der Waals surface area contributed by atoms with E-state index >= 15 is 0 Å². The molecule has 0 atom stereocenters. The van der Waals surface area contributed by atoms with Crippen molar-refractivity contribution in [1.29, 1.82) is 0 Å². The van der Waals surface area contributed by atoms with Gasteiger partial charge in [0.05, 0.1) is 16.5 Å². The normalized spacial score (nSPS) is 11.1. The maximum atomic E-state index is 12.6. The summed E-state index contributed by atoms with van der Waals surface area (Å²) < 4.78 is 27.6. The first-order valence-electron chi connectivity index (χ1n) is 8.67. The van der Waals surface area contributed by atoms with Crippen LogP contribution in [0.2, 0.25) is 10.0 Å². The molecule has 0 bridgehead atoms. The molecular formula is C21H18Cl2N2O3S. The average molecular weight is 449 g/mol. The summed E-state index contributed by atoms with van der Waals surface area (Å²) in [7, 11) is -3.96. The van der Waals surface area contributed by atoms with Gasteiger partial charge in [0.25, 0.3) is 10.0 Å². The third-order valence-electron chi connectivity index (χ3n) is 4.22. The van der Waals surface area contributed by atoms with Crippen LogP contribution in [0.5, 0.6) is 0 Å². The molecule has 29 heavy (non-hydrogen) atoms. The Morgan fingerprint density at radius 2 is 1.45 bits per heavy atom. The largest absolute Gasteiger partial charge is 0.326 e. The lowest BCUT2D eigenvalue weighted by atomic mass is 10.1. The Balaban J connectivity index is 1.69. The molecule has 0 saturated heterocycles. The molecule has 0 spiro atoms. The van der Waals surface area contributed by atoms with E-state index in [4.69, 9.17) is 23.2 Å². The Kier molecular flexibility index (Phi) is 6.47. The first-order chi connectivity index (χ1) is 13.8. The summed E-state index contributed by atoms with van der Waals surface area (Å²) >= 11 is 12.0. The van der Waals surface area contributed by atoms with Crippen LogP contribution in [0.3, 0.4) is 0 Å². The molecule has 2 N–H and O–H groups in total. The Morgan fingerprint density at radius 3 is 2.07 bits per heavy atom. The van der Waals surface area contributed by atoms with Gasteiger partial charge < -0.3 is 5.32 Å². The number of hydrogen-bond donors (Lipinski definition) is 2. The highest BCUT2D eigenvalue weighted by Gasteiger charge is 2.21. The van der Waals surface area contributed by atoms with Crippen LogP contribution in [0.4, 0.5) is 11.4 Å². The molecule has 1 amide bonds. The van der Waals surface area contributed by atoms with Gasteiger partial charge in [0.15, 0.2) is 0 Å². The standard InChI is InChI=1S/C21H18Cl2N2O3S/c1-14-5-2-3-6-15(14)13-20(26)24-16-9-11-17(12-10-16)25-29(27,28)21-18(22)7-4-8-19(21)23/h2-12,25H,13H2,1H3,(H,24,26). The minimum absolute atomic E-state index is 0.0325. The van der Waals surface area contributed by atoms with Crippen LogP contribution in [-0.2, 0) is 21.2 Å². The predicted octanol–water partition coefficient (Wildman–Crippen LogP) is 5.28. The molecule has 0 radical (unpaired) electrons. The van der Waals surface area contributed by atoms with Crippen molar-refractivity contribution in [2.45, 2.75) is 18.2 Å². The lowest BCUT2D eigenvalue weighted by Crippen LogP contribution is -2.16. The molecule has 3 aromatic rings. The van der Waals surface area contributed by atoms with Gasteiger partial charge in [0.1, 0.15) is 4.90 Å². The second-order valence-electron chi connectivity index (χ2n) is 6.39. The molecule has 3 aromatic carbocycles. The zero-order valence-corrected chi connectivity index (χ0v) is 17.8. The Morgan fingerprint density at radius 1 is 0.862 bits per heavy atom. The van der Waals surface area contributed by atoms with Gasteiger partial charge >= 0.3 is 0 Å². The van der Waals surface area contributed by atoms with Crippen LogP contribution in [0.15, 0.2) is 71.6 Å². The van der Waals surface area contributed by atoms with E-state index in [-0.39, 0.29) is 27.3 Å². The molecule has 0 fully saturated rings. The zero-order valence-electron chi connectivity index (χ0n) is 15.4. The van der Waals surface area contributed by atoms with Gasteiger partial charge in [0, 0.05) is 11.4 Å². The van der Waals surface area contributed by atoms with Gasteiger partial charge in [0.2, 0.25) is 5.91 Å². The van der Waals surface area contributed by atoms with Crippen molar-refractivity contribution in [3.05, 3.63) is 87.9 Å². The molecule has 3 rings (SSSR count). The highest BCUT2D eigenvalue weighted by Crippen LogP contribution is 2.30. The third kappa shape index (κ3) is 5.29. The number of carbonyl (C=O) groups is 1. The molecule has 5 nitrogen and oxygen atoms in total. The predicted molar refractivity (Wildman–Crippen MR) is 117 cm³/mol. The van der Waals surface area contributed by atoms with E-state index in [1.807, 2.05) is 31.2 Å². The lowest BCUT2D eigenvalue weighted by Gasteiger charge is -2.12. The van der Waals surface area contributed by atoms with Crippen molar-refractivity contribution in [3.63, 3.8) is 0 Å². The summed E-state index contributed by atoms with van der Waals surface area (Å²) in [6, 6.07) is 18.5. The van der Waals surface area contributed by atoms with Crippen molar-refractivity contribution in [1.82, 2.24) is 0 Å². The number of nitrogens with one attached hydrogen (secondary N) is 2. The van der Waals surface area contributed by atoms with Crippen LogP contribution in [-0.4, -0.2) is 14.3 Å². The number of sulfonamides is 1. The lowest BCUT2D eigenvalue weighted by molar-refractivity contribution is -0.115. The van der Waals surface area contributed by atoms with Gasteiger partial charge in [-0.05, 0) is 54.4 Å². The molecule has 0 aliphatic heterocycles. The molecule has 0 aromatic heterocycles. The summed E-state index contributed by atoms with van der Waals surface area (Å²) in [6.45, 7) is 1.95. The van der Waals surface area contributed by atoms with Gasteiger partial charge in [-0.1, -0.05) is 53.5 Å². The second kappa shape index (κ2) is 8.86. The fraction of sp³-hybridized carbons (Fsp3) is 0.0952. The quantitative estimate of drug-likeness (QED) is 0.538. The molecule has 0 aliphatic carbocycles. The first kappa shape index (κ1) is 21.2. The maximum absolute atomic E-state index is 12.6. The smallest absolute Gasteiger partial charge is 0.264 e. The van der Waals surface area contributed by atoms with Crippen LogP contribution >= 0.6 is 23.2 Å². The minimum Gasteiger partial charge on any atom is -0.326 e. The van der Waals surface area contributed by atoms with Crippen LogP contribution in [0.1, 0.15) is 11.1 Å². The molecule has 0 heterocycles. The number of aryl methyl sites for hydroxylation is 1. The van der Waals surface area contributed by atoms with E-state index in [1.165, 1.54) is 12.1 Å². The van der Waals surface area contributed by atoms with E-state index in [2.05, 4.69) is 10.0 Å². The number of hydrogen-bond acceptors (Lipinski definition) is 3. The van der Waals surface area contributed by atoms with E-state index < -0.39 is 10.0 Å². The summed E-state index contributed by atoms with van der Waals surface area (Å²) in [5.41, 5.74) is 2.87. The summed E-state index contributed by atoms with van der Waals surface area (Å²) in [4.78, 5) is 12.1. The van der Waals surface area contributed by atoms with Crippen molar-refractivity contribution in [2.24, 2.45) is 0 Å². The minimum atomic E-state index is -3.96. The summed E-state index contributed by atoms with van der Waals surface area (Å²) in [5, 5.41) is 2.86. The maximum Gasteiger partial charge on any atom is 0.264 e. The van der Waals surface area contributed by atoms with Crippen molar-refractivity contribution >= 4 is 50.5 Å². The molecule has 0 aliphatic rings. The number of carbonyl (C=O) groups excluding carboxylic acids is 1. The van der Waals surface area contributed by atoms with E-state index in [0.29, 0.717) is 11.4 Å². The van der Waals surface area contributed by atoms with Crippen LogP contribution in [0.25, 0.3) is 0 Å². The highest BCUT2D eigenvalue weighted by atomic mass is 35.5. The number of anilines is 2. The molecule has 0 unspecified atom stereocenters. The summed E-state index contributed by atoms with van der Waals surface area (Å²) in [6.07, 6.45) is 0.256. The zero-order chi connectivity index (χ0) is 21.0. The van der Waals surface area contributed by atoms with Gasteiger partial charge in [-0.25, -0.2) is 8.42 Å². The molecular weight excluding hydrogens is 431 g/mol. The van der Waals surface area contributed by atoms with Gasteiger partial charge in [-0.2, -0.15) is 0 Å². The fourth-order valence-corrected chi connectivity index (χ4v) is 4.96. The molecule has 8 heteroatoms. The SMILES string of the molecule is Cc1ccccc1CC(=O)Nc1ccc(NS(=O)(=O)c2c(Cl)cccc2Cl)cc1. The van der Waals surface area contributed by atoms with E-state index in [0.717, 1.165) is 11.1 Å². The number of rotatable bonds is 6. The molecule has 150 valence electrons. The Hall–Kier alpha value is -2.54. The van der Waals surface area contributed by atoms with Crippen molar-refractivity contribution < 1.29 is 13.2 Å². The topological polar surface area (TPSA) is 75.3 Å². The number of halogens is 2. The second-order valence-corrected chi connectivity index (χ2v) is 8.82. The first-order valence-corrected chi connectivity index (χ1v) is 10.9. The highest BCUT2D eigenvalue weighted by molar-refractivity contribution is 7.93. The third-order valence-corrected chi connectivity index (χ3v) is 6.56. The number of benzene rings is 3. The summed E-state index contributed by atoms with van der Waals surface area (Å²) in [5.74, 6) is -0.157. The van der Waals surface area contributed by atoms with Crippen molar-refractivity contribution in [2.75, 3.05) is 10.0 Å². The average Bonchev–Trinajstić information content (AvgIpc) is 2.64. The van der Waals surface area contributed by atoms with E-state index in [9.17, 15) is 13.2 Å². The number of amides is 1.